The topological polar surface area (TPSA) is 0 Å². The third-order valence-corrected chi connectivity index (χ3v) is 34.7. The Morgan fingerprint density at radius 2 is 0.742 bits per heavy atom. The molecule has 10 rings (SSSR count). The second kappa shape index (κ2) is 20.2. The average molecular weight is 1010 g/mol. The van der Waals surface area contributed by atoms with Crippen LogP contribution < -0.4 is 0 Å². The van der Waals surface area contributed by atoms with Crippen molar-refractivity contribution >= 4 is 65.4 Å². The van der Waals surface area contributed by atoms with Gasteiger partial charge < -0.3 is 0 Å². The van der Waals surface area contributed by atoms with E-state index in [9.17, 15) is 0 Å². The standard InChI is InChI=1S/2C30H33.2CH3.2ClH.H2Si.Zr/c2*1-30(18-8-4-2-3-5-9-19-30)22-23-20-25-14-11-17-28(29(25)21-23)27-16-10-13-24-12-6-7-15-26(24)27;;;;;;/h2*6-7,10-17,20-21H,2-5,8-9,18-19,22H2,1H3;2*1H3;2*1H;1H2;. The summed E-state index contributed by atoms with van der Waals surface area (Å²) in [5, 5.41) is 5.41. The number of allylic oxidation sites excluding steroid dienone is 2. The Bertz CT molecular complexity index is 2620. The van der Waals surface area contributed by atoms with Crippen LogP contribution >= 0.6 is 24.8 Å². The van der Waals surface area contributed by atoms with Crippen LogP contribution in [0, 0.1) is 10.8 Å². The van der Waals surface area contributed by atoms with Crippen LogP contribution in [-0.4, -0.2) is 6.88 Å². The van der Waals surface area contributed by atoms with Crippen LogP contribution in [0.15, 0.2) is 132 Å². The number of hydrogen-bond acceptors (Lipinski definition) is 0. The van der Waals surface area contributed by atoms with E-state index in [0.29, 0.717) is 18.1 Å². The van der Waals surface area contributed by atoms with E-state index in [0.717, 1.165) is 0 Å². The zero-order chi connectivity index (χ0) is 44.0. The molecule has 0 aliphatic heterocycles. The third kappa shape index (κ3) is 9.63. The average Bonchev–Trinajstić information content (AvgIpc) is 3.91. The van der Waals surface area contributed by atoms with Crippen molar-refractivity contribution in [3.05, 3.63) is 155 Å². The molecular formula is C62H76Cl2SiZr. The number of halogens is 2. The summed E-state index contributed by atoms with van der Waals surface area (Å²) >= 11 is -4.09. The second-order valence-electron chi connectivity index (χ2n) is 23.1. The summed E-state index contributed by atoms with van der Waals surface area (Å²) in [5.41, 5.74) is 16.2. The van der Waals surface area contributed by atoms with Crippen LogP contribution in [0.3, 0.4) is 0 Å². The zero-order valence-electron chi connectivity index (χ0n) is 40.6. The monoisotopic (exact) mass is 1010 g/mol. The number of benzene rings is 6. The first-order valence-corrected chi connectivity index (χ1v) is 39.4. The van der Waals surface area contributed by atoms with Crippen LogP contribution in [0.1, 0.15) is 159 Å². The van der Waals surface area contributed by atoms with Crippen molar-refractivity contribution in [2.24, 2.45) is 10.8 Å². The SMILES string of the molecule is CC1(CC2=Cc3c(-c4cccc5ccccc45)cccc3[CH]2[Zr]([CH3])([CH3])(=[SiH2])[CH]2C(CC3(C)CCCCCCCC3)=Cc3c(-c4cccc5ccccc45)cccc32)CCCCCCCC1.Cl.Cl. The van der Waals surface area contributed by atoms with Crippen LogP contribution in [0.25, 0.3) is 56.0 Å². The van der Waals surface area contributed by atoms with Gasteiger partial charge in [-0.05, 0) is 0 Å². The summed E-state index contributed by atoms with van der Waals surface area (Å²) in [6, 6.07) is 47.1. The molecule has 346 valence electrons. The van der Waals surface area contributed by atoms with Gasteiger partial charge in [0.1, 0.15) is 0 Å². The fourth-order valence-electron chi connectivity index (χ4n) is 14.2. The quantitative estimate of drug-likeness (QED) is 0.133. The van der Waals surface area contributed by atoms with Crippen molar-refractivity contribution in [2.45, 2.75) is 146 Å². The van der Waals surface area contributed by atoms with Gasteiger partial charge in [0.25, 0.3) is 0 Å². The van der Waals surface area contributed by atoms with Gasteiger partial charge in [-0.2, -0.15) is 0 Å². The normalized spacial score (nSPS) is 21.0. The van der Waals surface area contributed by atoms with E-state index in [1.165, 1.54) is 171 Å². The first-order chi connectivity index (χ1) is 31.0. The molecule has 4 aliphatic carbocycles. The summed E-state index contributed by atoms with van der Waals surface area (Å²) in [6.07, 6.45) is 30.3. The molecule has 6 aromatic carbocycles. The summed E-state index contributed by atoms with van der Waals surface area (Å²) < 4.78 is 6.85. The van der Waals surface area contributed by atoms with E-state index in [1.807, 2.05) is 0 Å². The second-order valence-corrected chi connectivity index (χ2v) is 53.6. The van der Waals surface area contributed by atoms with Gasteiger partial charge in [0.2, 0.25) is 0 Å². The van der Waals surface area contributed by atoms with Crippen molar-refractivity contribution in [2.75, 3.05) is 0 Å². The molecule has 2 atom stereocenters. The molecule has 0 heterocycles. The molecular weight excluding hydrogens is 935 g/mol. The minimum absolute atomic E-state index is 0. The fraction of sp³-hybridized carbons (Fsp3) is 0.419. The molecule has 0 nitrogen and oxygen atoms in total. The minimum Gasteiger partial charge on any atom is -0.147 e. The van der Waals surface area contributed by atoms with Crippen LogP contribution in [0.2, 0.25) is 9.26 Å². The van der Waals surface area contributed by atoms with E-state index < -0.39 is 17.4 Å². The van der Waals surface area contributed by atoms with Crippen molar-refractivity contribution < 1.29 is 17.4 Å². The number of fused-ring (bicyclic) bond motifs is 4. The van der Waals surface area contributed by atoms with Crippen molar-refractivity contribution in [1.82, 2.24) is 0 Å². The molecule has 0 N–H and O–H groups in total. The Balaban J connectivity index is 0.00000296. The molecule has 4 aliphatic rings. The number of rotatable bonds is 8. The first-order valence-electron chi connectivity index (χ1n) is 25.7. The summed E-state index contributed by atoms with van der Waals surface area (Å²) in [5.74, 6) is 0. The molecule has 2 saturated carbocycles. The summed E-state index contributed by atoms with van der Waals surface area (Å²) in [4.78, 5) is 0. The molecule has 4 heteroatoms. The maximum atomic E-state index is 2.94. The predicted octanol–water partition coefficient (Wildman–Crippen LogP) is 19.1. The molecule has 0 radical (unpaired) electrons. The minimum atomic E-state index is -4.09. The van der Waals surface area contributed by atoms with Gasteiger partial charge in [-0.3, -0.25) is 0 Å². The van der Waals surface area contributed by atoms with E-state index in [4.69, 9.17) is 0 Å². The van der Waals surface area contributed by atoms with Crippen molar-refractivity contribution in [3.63, 3.8) is 0 Å². The molecule has 66 heavy (non-hydrogen) atoms. The Morgan fingerprint density at radius 1 is 0.424 bits per heavy atom. The van der Waals surface area contributed by atoms with E-state index in [1.54, 1.807) is 22.3 Å². The first kappa shape index (κ1) is 49.4. The van der Waals surface area contributed by atoms with Gasteiger partial charge in [-0.15, -0.1) is 24.8 Å². The molecule has 0 bridgehead atoms. The fourth-order valence-corrected chi connectivity index (χ4v) is 33.9. The Morgan fingerprint density at radius 3 is 1.14 bits per heavy atom. The van der Waals surface area contributed by atoms with Crippen LogP contribution in [0.4, 0.5) is 0 Å². The Hall–Kier alpha value is -3.00. The van der Waals surface area contributed by atoms with Crippen molar-refractivity contribution in [3.8, 4) is 22.3 Å². The van der Waals surface area contributed by atoms with Crippen LogP contribution in [0.5, 0.6) is 0 Å². The van der Waals surface area contributed by atoms with Crippen LogP contribution in [-0.2, 0) is 17.4 Å². The molecule has 6 aromatic rings. The van der Waals surface area contributed by atoms with Gasteiger partial charge in [0, 0.05) is 0 Å². The Labute approximate surface area is 413 Å². The predicted molar refractivity (Wildman–Crippen MR) is 294 cm³/mol. The maximum absolute atomic E-state index is 4.09. The Kier molecular flexibility index (Phi) is 15.1. The molecule has 0 amide bonds. The molecule has 0 aromatic heterocycles. The maximum Gasteiger partial charge on any atom is -0.147 e. The summed E-state index contributed by atoms with van der Waals surface area (Å²) in [6.45, 7) is 7.99. The van der Waals surface area contributed by atoms with Gasteiger partial charge in [-0.1, -0.05) is 0 Å². The number of hydrogen-bond donors (Lipinski definition) is 0. The summed E-state index contributed by atoms with van der Waals surface area (Å²) in [7, 11) is 0. The van der Waals surface area contributed by atoms with E-state index in [2.05, 4.69) is 163 Å². The smallest absolute Gasteiger partial charge is 0.147 e. The molecule has 0 spiro atoms. The van der Waals surface area contributed by atoms with Gasteiger partial charge in [-0.25, -0.2) is 0 Å². The van der Waals surface area contributed by atoms with Crippen molar-refractivity contribution in [1.29, 1.82) is 0 Å². The molecule has 2 fully saturated rings. The van der Waals surface area contributed by atoms with E-state index >= 15 is 0 Å². The van der Waals surface area contributed by atoms with Gasteiger partial charge >= 0.3 is 392 Å². The largest absolute Gasteiger partial charge is 0.147 e. The van der Waals surface area contributed by atoms with Gasteiger partial charge in [0.15, 0.2) is 0 Å². The van der Waals surface area contributed by atoms with E-state index in [-0.39, 0.29) is 24.8 Å². The third-order valence-electron chi connectivity index (χ3n) is 17.2. The molecule has 0 saturated heterocycles. The van der Waals surface area contributed by atoms with Gasteiger partial charge in [0.05, 0.1) is 0 Å². The zero-order valence-corrected chi connectivity index (χ0v) is 46.1. The molecule has 2 unspecified atom stereocenters.